The summed E-state index contributed by atoms with van der Waals surface area (Å²) < 4.78 is 13.2. The predicted octanol–water partition coefficient (Wildman–Crippen LogP) is 2.34. The fourth-order valence-electron chi connectivity index (χ4n) is 3.18. The van der Waals surface area contributed by atoms with Gasteiger partial charge in [-0.3, -0.25) is 9.58 Å². The van der Waals surface area contributed by atoms with Crippen LogP contribution in [0.15, 0.2) is 16.9 Å². The van der Waals surface area contributed by atoms with Crippen LogP contribution >= 0.6 is 0 Å². The summed E-state index contributed by atoms with van der Waals surface area (Å²) in [5, 5.41) is 8.37. The van der Waals surface area contributed by atoms with E-state index in [9.17, 15) is 0 Å². The van der Waals surface area contributed by atoms with Crippen molar-refractivity contribution >= 4 is 0 Å². The number of ether oxygens (including phenoxy) is 1. The molecule has 7 nitrogen and oxygen atoms in total. The van der Waals surface area contributed by atoms with Gasteiger partial charge >= 0.3 is 0 Å². The maximum absolute atomic E-state index is 5.96. The quantitative estimate of drug-likeness (QED) is 0.776. The predicted molar refractivity (Wildman–Crippen MR) is 87.3 cm³/mol. The van der Waals surface area contributed by atoms with Gasteiger partial charge in [-0.2, -0.15) is 10.1 Å². The Hall–Kier alpha value is -1.73. The zero-order valence-electron chi connectivity index (χ0n) is 14.2. The first-order chi connectivity index (χ1) is 11.8. The second-order valence-corrected chi connectivity index (χ2v) is 6.81. The molecule has 1 aliphatic carbocycles. The van der Waals surface area contributed by atoms with Crippen LogP contribution in [0.25, 0.3) is 0 Å². The highest BCUT2D eigenvalue weighted by Crippen LogP contribution is 2.38. The molecule has 2 aromatic rings. The van der Waals surface area contributed by atoms with Gasteiger partial charge in [-0.1, -0.05) is 5.16 Å². The Morgan fingerprint density at radius 1 is 1.25 bits per heavy atom. The molecule has 7 heteroatoms. The lowest BCUT2D eigenvalue weighted by atomic mass is 10.1. The third kappa shape index (κ3) is 3.84. The summed E-state index contributed by atoms with van der Waals surface area (Å²) in [4.78, 5) is 6.88. The Kier molecular flexibility index (Phi) is 4.62. The number of aryl methyl sites for hydroxylation is 1. The molecular formula is C17H25N5O2. The van der Waals surface area contributed by atoms with Gasteiger partial charge in [0.25, 0.3) is 5.89 Å². The van der Waals surface area contributed by atoms with Gasteiger partial charge in [0, 0.05) is 43.9 Å². The first kappa shape index (κ1) is 15.8. The summed E-state index contributed by atoms with van der Waals surface area (Å²) in [6.45, 7) is 6.55. The molecule has 0 bridgehead atoms. The molecule has 1 aliphatic heterocycles. The zero-order valence-corrected chi connectivity index (χ0v) is 14.2. The molecule has 4 rings (SSSR count). The van der Waals surface area contributed by atoms with E-state index in [2.05, 4.69) is 33.3 Å². The lowest BCUT2D eigenvalue weighted by Gasteiger charge is -2.31. The van der Waals surface area contributed by atoms with Crippen LogP contribution in [0.3, 0.4) is 0 Å². The van der Waals surface area contributed by atoms with E-state index < -0.39 is 0 Å². The van der Waals surface area contributed by atoms with Crippen molar-refractivity contribution in [3.63, 3.8) is 0 Å². The summed E-state index contributed by atoms with van der Waals surface area (Å²) in [5.74, 6) is 2.00. The minimum absolute atomic E-state index is 0.288. The fourth-order valence-corrected chi connectivity index (χ4v) is 3.18. The summed E-state index contributed by atoms with van der Waals surface area (Å²) >= 11 is 0. The smallest absolute Gasteiger partial charge is 0.252 e. The minimum Gasteiger partial charge on any atom is -0.368 e. The lowest BCUT2D eigenvalue weighted by Crippen LogP contribution is -2.36. The number of aromatic nitrogens is 4. The Balaban J connectivity index is 1.19. The number of nitrogens with zero attached hydrogens (tertiary/aromatic N) is 5. The molecule has 0 amide bonds. The average Bonchev–Trinajstić information content (AvgIpc) is 3.18. The van der Waals surface area contributed by atoms with Crippen molar-refractivity contribution in [2.45, 2.75) is 64.3 Å². The molecule has 0 N–H and O–H groups in total. The summed E-state index contributed by atoms with van der Waals surface area (Å²) in [7, 11) is 0. The second-order valence-electron chi connectivity index (χ2n) is 6.81. The molecule has 2 fully saturated rings. The van der Waals surface area contributed by atoms with Gasteiger partial charge in [-0.15, -0.1) is 0 Å². The highest BCUT2D eigenvalue weighted by molar-refractivity contribution is 5.04. The first-order valence-corrected chi connectivity index (χ1v) is 8.98. The average molecular weight is 331 g/mol. The molecule has 0 radical (unpaired) electrons. The van der Waals surface area contributed by atoms with Crippen LogP contribution in [0.5, 0.6) is 0 Å². The van der Waals surface area contributed by atoms with Crippen LogP contribution < -0.4 is 0 Å². The second kappa shape index (κ2) is 7.03. The molecule has 0 aromatic carbocycles. The van der Waals surface area contributed by atoms with E-state index in [-0.39, 0.29) is 6.10 Å². The number of hydrogen-bond donors (Lipinski definition) is 0. The van der Waals surface area contributed by atoms with Gasteiger partial charge in [-0.25, -0.2) is 0 Å². The molecular weight excluding hydrogens is 306 g/mol. The standard InChI is InChI=1S/C17H25N5O2/c1-2-22-11-13(9-18-22)10-21-7-5-15(6-8-21)23-12-16-19-17(20-24-16)14-3-4-14/h9,11,14-15H,2-8,10,12H2,1H3. The van der Waals surface area contributed by atoms with E-state index in [4.69, 9.17) is 9.26 Å². The van der Waals surface area contributed by atoms with Crippen LogP contribution in [0.1, 0.15) is 55.8 Å². The Morgan fingerprint density at radius 3 is 2.79 bits per heavy atom. The SMILES string of the molecule is CCn1cc(CN2CCC(OCc3nc(C4CC4)no3)CC2)cn1. The topological polar surface area (TPSA) is 69.2 Å². The van der Waals surface area contributed by atoms with Gasteiger partial charge in [-0.05, 0) is 32.6 Å². The highest BCUT2D eigenvalue weighted by Gasteiger charge is 2.29. The number of piperidine rings is 1. The fraction of sp³-hybridized carbons (Fsp3) is 0.706. The van der Waals surface area contributed by atoms with E-state index in [1.54, 1.807) is 0 Å². The van der Waals surface area contributed by atoms with E-state index in [1.165, 1.54) is 18.4 Å². The molecule has 0 atom stereocenters. The molecule has 3 heterocycles. The van der Waals surface area contributed by atoms with Gasteiger partial charge in [0.15, 0.2) is 5.82 Å². The van der Waals surface area contributed by atoms with E-state index >= 15 is 0 Å². The third-order valence-corrected chi connectivity index (χ3v) is 4.82. The minimum atomic E-state index is 0.288. The molecule has 130 valence electrons. The molecule has 2 aliphatic rings. The van der Waals surface area contributed by atoms with Gasteiger partial charge in [0.05, 0.1) is 12.3 Å². The summed E-state index contributed by atoms with van der Waals surface area (Å²) in [6, 6.07) is 0. The van der Waals surface area contributed by atoms with Crippen molar-refractivity contribution in [2.24, 2.45) is 0 Å². The Bertz CT molecular complexity index is 655. The van der Waals surface area contributed by atoms with Crippen LogP contribution in [-0.4, -0.2) is 44.0 Å². The van der Waals surface area contributed by atoms with E-state index in [0.717, 1.165) is 44.8 Å². The molecule has 1 saturated carbocycles. The lowest BCUT2D eigenvalue weighted by molar-refractivity contribution is -0.0136. The maximum atomic E-state index is 5.96. The molecule has 0 spiro atoms. The van der Waals surface area contributed by atoms with Gasteiger partial charge in [0.1, 0.15) is 6.61 Å². The van der Waals surface area contributed by atoms with Crippen LogP contribution in [0.2, 0.25) is 0 Å². The molecule has 24 heavy (non-hydrogen) atoms. The number of likely N-dealkylation sites (tertiary alicyclic amines) is 1. The van der Waals surface area contributed by atoms with Gasteiger partial charge < -0.3 is 9.26 Å². The number of hydrogen-bond acceptors (Lipinski definition) is 6. The normalized spacial score (nSPS) is 19.9. The van der Waals surface area contributed by atoms with Gasteiger partial charge in [0.2, 0.25) is 0 Å². The van der Waals surface area contributed by atoms with Crippen molar-refractivity contribution in [3.8, 4) is 0 Å². The molecule has 1 saturated heterocycles. The summed E-state index contributed by atoms with van der Waals surface area (Å²) in [6.07, 6.45) is 8.87. The van der Waals surface area contributed by atoms with Crippen LogP contribution in [0.4, 0.5) is 0 Å². The van der Waals surface area contributed by atoms with Crippen molar-refractivity contribution < 1.29 is 9.26 Å². The number of rotatable bonds is 7. The first-order valence-electron chi connectivity index (χ1n) is 8.98. The Morgan fingerprint density at radius 2 is 2.08 bits per heavy atom. The van der Waals surface area contributed by atoms with Crippen molar-refractivity contribution in [3.05, 3.63) is 29.7 Å². The summed E-state index contributed by atoms with van der Waals surface area (Å²) in [5.41, 5.74) is 1.29. The van der Waals surface area contributed by atoms with Crippen molar-refractivity contribution in [1.29, 1.82) is 0 Å². The maximum Gasteiger partial charge on any atom is 0.252 e. The largest absolute Gasteiger partial charge is 0.368 e. The molecule has 2 aromatic heterocycles. The van der Waals surface area contributed by atoms with E-state index in [0.29, 0.717) is 18.4 Å². The zero-order chi connectivity index (χ0) is 16.4. The van der Waals surface area contributed by atoms with E-state index in [1.807, 2.05) is 10.9 Å². The van der Waals surface area contributed by atoms with Crippen molar-refractivity contribution in [1.82, 2.24) is 24.8 Å². The molecule has 0 unspecified atom stereocenters. The monoisotopic (exact) mass is 331 g/mol. The van der Waals surface area contributed by atoms with Crippen molar-refractivity contribution in [2.75, 3.05) is 13.1 Å². The van der Waals surface area contributed by atoms with Crippen LogP contribution in [0, 0.1) is 0 Å². The van der Waals surface area contributed by atoms with Crippen LogP contribution in [-0.2, 0) is 24.4 Å². The Labute approximate surface area is 142 Å². The third-order valence-electron chi connectivity index (χ3n) is 4.82. The highest BCUT2D eigenvalue weighted by atomic mass is 16.5.